The minimum atomic E-state index is -0.706. The molecule has 2 aliphatic rings. The zero-order valence-electron chi connectivity index (χ0n) is 47.3. The van der Waals surface area contributed by atoms with Gasteiger partial charge in [0.2, 0.25) is 0 Å². The van der Waals surface area contributed by atoms with Crippen molar-refractivity contribution in [2.75, 3.05) is 33.6 Å². The van der Waals surface area contributed by atoms with E-state index in [9.17, 15) is 19.2 Å². The Morgan fingerprint density at radius 2 is 0.823 bits per heavy atom. The van der Waals surface area contributed by atoms with Crippen molar-refractivity contribution in [3.63, 3.8) is 0 Å². The second-order valence-corrected chi connectivity index (χ2v) is 22.7. The fraction of sp³-hybridized carbons (Fsp3) is 0.467. The fourth-order valence-corrected chi connectivity index (χ4v) is 9.42. The Balaban J connectivity index is 0.000000722. The number of methoxy groups -OCH3 is 2. The lowest BCUT2D eigenvalue weighted by Gasteiger charge is -2.38. The number of benzene rings is 4. The summed E-state index contributed by atoms with van der Waals surface area (Å²) in [7, 11) is 3.22. The lowest BCUT2D eigenvalue weighted by atomic mass is 9.92. The Morgan fingerprint density at radius 1 is 0.506 bits per heavy atom. The summed E-state index contributed by atoms with van der Waals surface area (Å²) in [6.45, 7) is 25.0. The lowest BCUT2D eigenvalue weighted by molar-refractivity contribution is 0.0157. The SMILES string of the molecule is C.C.COc1ccc(C2c3c(c4cc(C)ccc4n3C(=O)OC(C)(C)C)CCN2C(=O)OC(C)(C)C)cc1.COc1ccc(C2c3c(c4cc(Cl)ccc4n3C(=O)OC(C)(C)C)CCN2C(=O)OC(C)(C)C)cc1.CS.O.O.S. The van der Waals surface area contributed by atoms with Crippen LogP contribution in [0, 0.1) is 6.92 Å². The van der Waals surface area contributed by atoms with E-state index >= 15 is 0 Å². The number of carbonyl (C=O) groups is 4. The second kappa shape index (κ2) is 27.9. The van der Waals surface area contributed by atoms with Crippen LogP contribution in [0.1, 0.15) is 149 Å². The highest BCUT2D eigenvalue weighted by atomic mass is 35.5. The predicted octanol–water partition coefficient (Wildman–Crippen LogP) is 13.9. The molecule has 4 heterocycles. The zero-order chi connectivity index (χ0) is 54.8. The van der Waals surface area contributed by atoms with E-state index in [2.05, 4.69) is 18.7 Å². The fourth-order valence-electron chi connectivity index (χ4n) is 9.25. The van der Waals surface area contributed by atoms with Gasteiger partial charge in [0, 0.05) is 28.9 Å². The molecule has 2 unspecified atom stereocenters. The summed E-state index contributed by atoms with van der Waals surface area (Å²) in [6.07, 6.45) is 0.965. The average Bonchev–Trinajstić information content (AvgIpc) is 3.82. The van der Waals surface area contributed by atoms with Crippen LogP contribution in [-0.2, 0) is 31.8 Å². The molecule has 2 aromatic heterocycles. The smallest absolute Gasteiger partial charge is 0.419 e. The number of hydrogen-bond acceptors (Lipinski definition) is 11. The van der Waals surface area contributed by atoms with Crippen molar-refractivity contribution in [2.24, 2.45) is 0 Å². The van der Waals surface area contributed by atoms with Crippen LogP contribution in [0.4, 0.5) is 19.2 Å². The van der Waals surface area contributed by atoms with Crippen molar-refractivity contribution in [1.82, 2.24) is 18.9 Å². The summed E-state index contributed by atoms with van der Waals surface area (Å²) in [6, 6.07) is 25.4. The summed E-state index contributed by atoms with van der Waals surface area (Å²) < 4.78 is 37.2. The van der Waals surface area contributed by atoms with Crippen molar-refractivity contribution in [1.29, 1.82) is 0 Å². The van der Waals surface area contributed by atoms with Crippen molar-refractivity contribution < 1.29 is 58.6 Å². The maximum absolute atomic E-state index is 13.7. The third kappa shape index (κ3) is 16.5. The summed E-state index contributed by atoms with van der Waals surface area (Å²) in [4.78, 5) is 57.6. The molecule has 6 aromatic rings. The number of amides is 2. The van der Waals surface area contributed by atoms with Gasteiger partial charge in [0.25, 0.3) is 0 Å². The van der Waals surface area contributed by atoms with Gasteiger partial charge in [0.1, 0.15) is 46.0 Å². The van der Waals surface area contributed by atoms with Gasteiger partial charge in [-0.05, 0) is 186 Å². The van der Waals surface area contributed by atoms with E-state index in [1.807, 2.05) is 163 Å². The van der Waals surface area contributed by atoms with Crippen LogP contribution in [0.15, 0.2) is 84.9 Å². The molecule has 0 saturated carbocycles. The van der Waals surface area contributed by atoms with Gasteiger partial charge in [-0.3, -0.25) is 9.80 Å². The van der Waals surface area contributed by atoms with Gasteiger partial charge in [-0.15, -0.1) is 0 Å². The van der Waals surface area contributed by atoms with Gasteiger partial charge in [-0.25, -0.2) is 28.3 Å². The Morgan fingerprint density at radius 3 is 1.15 bits per heavy atom. The molecule has 16 nitrogen and oxygen atoms in total. The van der Waals surface area contributed by atoms with Gasteiger partial charge < -0.3 is 39.4 Å². The number of rotatable bonds is 4. The van der Waals surface area contributed by atoms with Crippen molar-refractivity contribution in [3.05, 3.63) is 129 Å². The molecule has 0 spiro atoms. The van der Waals surface area contributed by atoms with Crippen molar-refractivity contribution in [3.8, 4) is 11.5 Å². The van der Waals surface area contributed by atoms with Crippen LogP contribution < -0.4 is 9.47 Å². The van der Waals surface area contributed by atoms with Crippen LogP contribution in [0.5, 0.6) is 11.5 Å². The molecule has 0 radical (unpaired) electrons. The maximum atomic E-state index is 13.7. The Labute approximate surface area is 485 Å². The highest BCUT2D eigenvalue weighted by Gasteiger charge is 2.42. The third-order valence-electron chi connectivity index (χ3n) is 12.0. The van der Waals surface area contributed by atoms with E-state index in [4.69, 9.17) is 40.0 Å². The second-order valence-electron chi connectivity index (χ2n) is 22.2. The first-order valence-corrected chi connectivity index (χ1v) is 26.0. The van der Waals surface area contributed by atoms with E-state index in [0.717, 1.165) is 49.8 Å². The number of aromatic nitrogens is 2. The summed E-state index contributed by atoms with van der Waals surface area (Å²) in [5.41, 5.74) is 4.91. The summed E-state index contributed by atoms with van der Waals surface area (Å²) >= 11 is 9.90. The zero-order valence-corrected chi connectivity index (χ0v) is 49.9. The highest BCUT2D eigenvalue weighted by Crippen LogP contribution is 2.44. The molecular weight excluding hydrogens is 1070 g/mol. The molecule has 0 fully saturated rings. The molecule has 4 N–H and O–H groups in total. The summed E-state index contributed by atoms with van der Waals surface area (Å²) in [5.74, 6) is 1.40. The molecule has 4 aromatic carbocycles. The first kappa shape index (κ1) is 71.0. The van der Waals surface area contributed by atoms with Gasteiger partial charge in [-0.1, -0.05) is 62.3 Å². The predicted molar refractivity (Wildman–Crippen MR) is 326 cm³/mol. The van der Waals surface area contributed by atoms with Crippen LogP contribution in [-0.4, -0.2) is 110 Å². The van der Waals surface area contributed by atoms with E-state index in [1.165, 1.54) is 0 Å². The standard InChI is InChI=1S/C29H36N2O5.C28H33ClN2O5.CH4S.2CH4.2H2O.H2S/c1-18-9-14-23-22(17-18)21-15-16-30(26(32)35-28(2,3)4)24(19-10-12-20(34-8)13-11-19)25(21)31(23)27(33)36-29(5,6)7;1-27(2,3)35-25(32)30-15-14-20-21-16-18(29)10-13-22(21)31(26(33)36-28(4,5)6)24(20)23(30)17-8-11-19(34-7)12-9-17;1-2;;;;;/h9-14,17,24H,15-16H2,1-8H3;8-13,16,23H,14-15H2,1-7H3;2H,1H3;2*1H4;3*1H2. The number of nitrogens with zero attached hydrogens (tertiary/aromatic N) is 4. The van der Waals surface area contributed by atoms with E-state index < -0.39 is 58.9 Å². The van der Waals surface area contributed by atoms with Gasteiger partial charge in [0.15, 0.2) is 0 Å². The quantitative estimate of drug-likeness (QED) is 0.131. The Kier molecular flexibility index (Phi) is 25.1. The monoisotopic (exact) mass is 1150 g/mol. The number of ether oxygens (including phenoxy) is 6. The molecular formula is C60H87ClN4O12S2. The molecule has 2 atom stereocenters. The van der Waals surface area contributed by atoms with E-state index in [1.54, 1.807) is 45.5 Å². The van der Waals surface area contributed by atoms with Gasteiger partial charge in [0.05, 0.1) is 36.6 Å². The van der Waals surface area contributed by atoms with Crippen LogP contribution in [0.2, 0.25) is 5.02 Å². The normalized spacial score (nSPS) is 14.7. The van der Waals surface area contributed by atoms with Crippen molar-refractivity contribution in [2.45, 2.75) is 152 Å². The molecule has 0 saturated heterocycles. The lowest BCUT2D eigenvalue weighted by Crippen LogP contribution is -2.44. The third-order valence-corrected chi connectivity index (χ3v) is 12.2. The number of thiol groups is 1. The van der Waals surface area contributed by atoms with Crippen LogP contribution >= 0.6 is 37.7 Å². The van der Waals surface area contributed by atoms with Gasteiger partial charge in [-0.2, -0.15) is 26.1 Å². The first-order chi connectivity index (χ1) is 34.6. The number of carbonyl (C=O) groups excluding carboxylic acids is 4. The largest absolute Gasteiger partial charge is 0.497 e. The minimum Gasteiger partial charge on any atom is -0.497 e. The maximum Gasteiger partial charge on any atom is 0.419 e. The number of hydrogen-bond donors (Lipinski definition) is 1. The van der Waals surface area contributed by atoms with Gasteiger partial charge >= 0.3 is 24.4 Å². The molecule has 2 aliphatic heterocycles. The summed E-state index contributed by atoms with van der Waals surface area (Å²) in [5, 5.41) is 2.44. The Bertz CT molecular complexity index is 2820. The Hall–Kier alpha value is -6.05. The van der Waals surface area contributed by atoms with E-state index in [-0.39, 0.29) is 39.3 Å². The highest BCUT2D eigenvalue weighted by molar-refractivity contribution is 7.79. The molecule has 19 heteroatoms. The van der Waals surface area contributed by atoms with Crippen LogP contribution in [0.3, 0.4) is 0 Å². The number of aryl methyl sites for hydroxylation is 1. The molecule has 2 amide bonds. The average molecular weight is 1160 g/mol. The molecule has 438 valence electrons. The molecule has 0 bridgehead atoms. The van der Waals surface area contributed by atoms with E-state index in [0.29, 0.717) is 53.7 Å². The first-order valence-electron chi connectivity index (χ1n) is 24.7. The molecule has 8 rings (SSSR count). The topological polar surface area (TPSA) is 203 Å². The number of halogens is 1. The molecule has 0 aliphatic carbocycles. The minimum absolute atomic E-state index is 0. The number of fused-ring (bicyclic) bond motifs is 6. The van der Waals surface area contributed by atoms with Crippen LogP contribution in [0.25, 0.3) is 21.8 Å². The molecule has 79 heavy (non-hydrogen) atoms. The van der Waals surface area contributed by atoms with Crippen molar-refractivity contribution >= 4 is 83.9 Å².